The van der Waals surface area contributed by atoms with E-state index in [0.29, 0.717) is 17.0 Å². The van der Waals surface area contributed by atoms with E-state index >= 15 is 0 Å². The number of likely N-dealkylation sites (N-methyl/N-ethyl adjacent to an activating group) is 1. The first kappa shape index (κ1) is 21.4. The van der Waals surface area contributed by atoms with Gasteiger partial charge in [0.1, 0.15) is 23.8 Å². The molecule has 0 bridgehead atoms. The molecule has 1 aromatic carbocycles. The maximum absolute atomic E-state index is 13.3. The standard InChI is InChI=1S/C23H27N3O4S/c1-3-24-10-12-25(13-11-24)21-20(19-5-4-16-31-19)22(27)26(23(21)28)14-15-30-18-8-6-17(29-2)7-9-18/h4-9,16H,3,10-15H2,1-2H3. The Labute approximate surface area is 186 Å². The third kappa shape index (κ3) is 4.45. The van der Waals surface area contributed by atoms with Crippen LogP contribution >= 0.6 is 11.3 Å². The molecule has 8 heteroatoms. The van der Waals surface area contributed by atoms with Crippen LogP contribution in [0.15, 0.2) is 47.5 Å². The maximum atomic E-state index is 13.3. The van der Waals surface area contributed by atoms with E-state index in [4.69, 9.17) is 9.47 Å². The van der Waals surface area contributed by atoms with Crippen molar-refractivity contribution in [3.05, 3.63) is 52.4 Å². The molecule has 0 saturated carbocycles. The lowest BCUT2D eigenvalue weighted by Crippen LogP contribution is -2.47. The Morgan fingerprint density at radius 3 is 2.29 bits per heavy atom. The van der Waals surface area contributed by atoms with Crippen molar-refractivity contribution in [3.8, 4) is 11.5 Å². The number of nitrogens with zero attached hydrogens (tertiary/aromatic N) is 3. The van der Waals surface area contributed by atoms with Crippen LogP contribution in [0.5, 0.6) is 11.5 Å². The highest BCUT2D eigenvalue weighted by Crippen LogP contribution is 2.34. The van der Waals surface area contributed by atoms with Gasteiger partial charge in [-0.2, -0.15) is 0 Å². The van der Waals surface area contributed by atoms with Crippen LogP contribution in [-0.2, 0) is 9.59 Å². The highest BCUT2D eigenvalue weighted by atomic mass is 32.1. The molecule has 164 valence electrons. The fourth-order valence-corrected chi connectivity index (χ4v) is 4.68. The first-order chi connectivity index (χ1) is 15.1. The van der Waals surface area contributed by atoms with Crippen molar-refractivity contribution in [2.75, 3.05) is 53.0 Å². The topological polar surface area (TPSA) is 62.3 Å². The van der Waals surface area contributed by atoms with Gasteiger partial charge in [-0.1, -0.05) is 13.0 Å². The summed E-state index contributed by atoms with van der Waals surface area (Å²) >= 11 is 1.49. The van der Waals surface area contributed by atoms with E-state index < -0.39 is 0 Å². The van der Waals surface area contributed by atoms with Crippen LogP contribution in [0.1, 0.15) is 11.8 Å². The molecular weight excluding hydrogens is 414 g/mol. The Balaban J connectivity index is 1.48. The average molecular weight is 442 g/mol. The van der Waals surface area contributed by atoms with E-state index in [1.807, 2.05) is 29.6 Å². The number of carbonyl (C=O) groups excluding carboxylic acids is 2. The lowest BCUT2D eigenvalue weighted by atomic mass is 10.1. The highest BCUT2D eigenvalue weighted by Gasteiger charge is 2.42. The van der Waals surface area contributed by atoms with E-state index in [9.17, 15) is 9.59 Å². The number of amides is 2. The van der Waals surface area contributed by atoms with Crippen LogP contribution in [0.3, 0.4) is 0 Å². The molecule has 2 aromatic rings. The van der Waals surface area contributed by atoms with Gasteiger partial charge in [-0.15, -0.1) is 11.3 Å². The maximum Gasteiger partial charge on any atom is 0.278 e. The number of piperazine rings is 1. The van der Waals surface area contributed by atoms with Crippen molar-refractivity contribution in [2.45, 2.75) is 6.92 Å². The first-order valence-electron chi connectivity index (χ1n) is 10.5. The average Bonchev–Trinajstić information content (AvgIpc) is 3.41. The molecule has 3 heterocycles. The minimum atomic E-state index is -0.237. The van der Waals surface area contributed by atoms with Gasteiger partial charge < -0.3 is 19.3 Å². The zero-order valence-corrected chi connectivity index (χ0v) is 18.7. The monoisotopic (exact) mass is 441 g/mol. The molecule has 1 saturated heterocycles. The SMILES string of the molecule is CCN1CCN(C2=C(c3cccs3)C(=O)N(CCOc3ccc(OC)cc3)C2=O)CC1. The van der Waals surface area contributed by atoms with Crippen molar-refractivity contribution in [1.82, 2.24) is 14.7 Å². The van der Waals surface area contributed by atoms with E-state index in [1.54, 1.807) is 19.2 Å². The van der Waals surface area contributed by atoms with Gasteiger partial charge in [0, 0.05) is 31.1 Å². The van der Waals surface area contributed by atoms with Crippen LogP contribution in [0.4, 0.5) is 0 Å². The molecule has 7 nitrogen and oxygen atoms in total. The zero-order chi connectivity index (χ0) is 21.8. The van der Waals surface area contributed by atoms with Crippen molar-refractivity contribution in [3.63, 3.8) is 0 Å². The molecular formula is C23H27N3O4S. The molecule has 2 amide bonds. The molecule has 2 aliphatic rings. The molecule has 1 aromatic heterocycles. The lowest BCUT2D eigenvalue weighted by molar-refractivity contribution is -0.138. The largest absolute Gasteiger partial charge is 0.497 e. The molecule has 31 heavy (non-hydrogen) atoms. The van der Waals surface area contributed by atoms with Gasteiger partial charge >= 0.3 is 0 Å². The third-order valence-corrected chi connectivity index (χ3v) is 6.58. The minimum absolute atomic E-state index is 0.205. The van der Waals surface area contributed by atoms with Gasteiger partial charge in [0.05, 0.1) is 19.2 Å². The van der Waals surface area contributed by atoms with Crippen molar-refractivity contribution < 1.29 is 19.1 Å². The molecule has 0 aliphatic carbocycles. The van der Waals surface area contributed by atoms with Crippen molar-refractivity contribution in [2.24, 2.45) is 0 Å². The van der Waals surface area contributed by atoms with Crippen molar-refractivity contribution >= 4 is 28.7 Å². The molecule has 0 radical (unpaired) electrons. The second-order valence-corrected chi connectivity index (χ2v) is 8.36. The Bertz CT molecular complexity index is 948. The number of ether oxygens (including phenoxy) is 2. The molecule has 0 spiro atoms. The summed E-state index contributed by atoms with van der Waals surface area (Å²) in [5.41, 5.74) is 1.06. The fraction of sp³-hybridized carbons (Fsp3) is 0.391. The minimum Gasteiger partial charge on any atom is -0.497 e. The van der Waals surface area contributed by atoms with Gasteiger partial charge in [-0.05, 0) is 42.3 Å². The van der Waals surface area contributed by atoms with Crippen LogP contribution in [0.2, 0.25) is 0 Å². The summed E-state index contributed by atoms with van der Waals surface area (Å²) in [6, 6.07) is 11.1. The second-order valence-electron chi connectivity index (χ2n) is 7.41. The fourth-order valence-electron chi connectivity index (χ4n) is 3.92. The van der Waals surface area contributed by atoms with Crippen LogP contribution < -0.4 is 9.47 Å². The lowest BCUT2D eigenvalue weighted by Gasteiger charge is -2.35. The van der Waals surface area contributed by atoms with Gasteiger partial charge in [0.25, 0.3) is 11.8 Å². The molecule has 0 atom stereocenters. The number of rotatable bonds is 8. The molecule has 0 unspecified atom stereocenters. The Kier molecular flexibility index (Phi) is 6.58. The quantitative estimate of drug-likeness (QED) is 0.587. The van der Waals surface area contributed by atoms with Crippen molar-refractivity contribution in [1.29, 1.82) is 0 Å². The molecule has 1 fully saturated rings. The Morgan fingerprint density at radius 2 is 1.68 bits per heavy atom. The predicted molar refractivity (Wildman–Crippen MR) is 120 cm³/mol. The summed E-state index contributed by atoms with van der Waals surface area (Å²) in [5, 5.41) is 1.93. The third-order valence-electron chi connectivity index (χ3n) is 5.69. The molecule has 0 N–H and O–H groups in total. The predicted octanol–water partition coefficient (Wildman–Crippen LogP) is 2.55. The van der Waals surface area contributed by atoms with Crippen LogP contribution in [-0.4, -0.2) is 79.5 Å². The first-order valence-corrected chi connectivity index (χ1v) is 11.4. The second kappa shape index (κ2) is 9.53. The van der Waals surface area contributed by atoms with Gasteiger partial charge in [-0.3, -0.25) is 14.5 Å². The smallest absolute Gasteiger partial charge is 0.278 e. The summed E-state index contributed by atoms with van der Waals surface area (Å²) in [6.45, 7) is 6.84. The Morgan fingerprint density at radius 1 is 0.968 bits per heavy atom. The number of thiophene rings is 1. The molecule has 2 aliphatic heterocycles. The summed E-state index contributed by atoms with van der Waals surface area (Å²) < 4.78 is 10.9. The Hall–Kier alpha value is -2.84. The number of hydrogen-bond acceptors (Lipinski definition) is 7. The highest BCUT2D eigenvalue weighted by molar-refractivity contribution is 7.11. The van der Waals surface area contributed by atoms with E-state index in [-0.39, 0.29) is 25.0 Å². The summed E-state index contributed by atoms with van der Waals surface area (Å²) in [5.74, 6) is 0.951. The van der Waals surface area contributed by atoms with E-state index in [0.717, 1.165) is 43.4 Å². The van der Waals surface area contributed by atoms with Gasteiger partial charge in [-0.25, -0.2) is 0 Å². The van der Waals surface area contributed by atoms with Gasteiger partial charge in [0.2, 0.25) is 0 Å². The number of methoxy groups -OCH3 is 1. The number of hydrogen-bond donors (Lipinski definition) is 0. The number of carbonyl (C=O) groups is 2. The van der Waals surface area contributed by atoms with E-state index in [2.05, 4.69) is 16.7 Å². The summed E-state index contributed by atoms with van der Waals surface area (Å²) in [4.78, 5) is 33.2. The van der Waals surface area contributed by atoms with Gasteiger partial charge in [0.15, 0.2) is 0 Å². The number of imide groups is 1. The molecule has 4 rings (SSSR count). The zero-order valence-electron chi connectivity index (χ0n) is 17.9. The normalized spacial score (nSPS) is 17.6. The summed E-state index contributed by atoms with van der Waals surface area (Å²) in [7, 11) is 1.61. The van der Waals surface area contributed by atoms with Crippen LogP contribution in [0, 0.1) is 0 Å². The number of benzene rings is 1. The summed E-state index contributed by atoms with van der Waals surface area (Å²) in [6.07, 6.45) is 0. The van der Waals surface area contributed by atoms with E-state index in [1.165, 1.54) is 16.2 Å². The van der Waals surface area contributed by atoms with Crippen LogP contribution in [0.25, 0.3) is 5.57 Å².